The van der Waals surface area contributed by atoms with Gasteiger partial charge in [-0.2, -0.15) is 4.37 Å². The molecule has 1 heterocycles. The first-order valence-electron chi connectivity index (χ1n) is 7.45. The molecule has 3 amide bonds. The van der Waals surface area contributed by atoms with Gasteiger partial charge in [0.25, 0.3) is 5.91 Å². The van der Waals surface area contributed by atoms with Gasteiger partial charge in [0.2, 0.25) is 0 Å². The molecule has 10 nitrogen and oxygen atoms in total. The topological polar surface area (TPSA) is 178 Å². The molecular formula is C15H21N5O5S. The third-order valence-corrected chi connectivity index (χ3v) is 4.06. The number of hydrogen-bond acceptors (Lipinski definition) is 6. The lowest BCUT2D eigenvalue weighted by Crippen LogP contribution is -2.70. The Balaban J connectivity index is 0.00000338. The number of benzene rings is 1. The summed E-state index contributed by atoms with van der Waals surface area (Å²) < 4.78 is 9.11. The van der Waals surface area contributed by atoms with Gasteiger partial charge in [0.05, 0.1) is 5.69 Å². The molecule has 0 aliphatic carbocycles. The molecule has 0 saturated heterocycles. The van der Waals surface area contributed by atoms with E-state index in [9.17, 15) is 14.8 Å². The van der Waals surface area contributed by atoms with Crippen molar-refractivity contribution in [3.63, 3.8) is 0 Å². The van der Waals surface area contributed by atoms with Gasteiger partial charge in [-0.1, -0.05) is 0 Å². The second-order valence-corrected chi connectivity index (χ2v) is 5.84. The minimum Gasteiger partial charge on any atom is -0.630 e. The molecule has 2 aromatic rings. The summed E-state index contributed by atoms with van der Waals surface area (Å²) in [5.41, 5.74) is 7.81. The Labute approximate surface area is 153 Å². The Morgan fingerprint density at radius 2 is 2.04 bits per heavy atom. The van der Waals surface area contributed by atoms with Crippen LogP contribution in [-0.2, 0) is 4.74 Å². The van der Waals surface area contributed by atoms with Crippen LogP contribution in [0.1, 0.15) is 16.8 Å². The Morgan fingerprint density at radius 1 is 1.35 bits per heavy atom. The van der Waals surface area contributed by atoms with Gasteiger partial charge in [-0.15, -0.1) is 0 Å². The van der Waals surface area contributed by atoms with Crippen molar-refractivity contribution in [3.05, 3.63) is 35.0 Å². The Kier molecular flexibility index (Phi) is 8.61. The Bertz CT molecular complexity index is 735. The average molecular weight is 383 g/mol. The molecule has 0 unspecified atom stereocenters. The summed E-state index contributed by atoms with van der Waals surface area (Å²) in [6, 6.07) is 6.11. The lowest BCUT2D eigenvalue weighted by molar-refractivity contribution is -0.497. The van der Waals surface area contributed by atoms with Crippen LogP contribution in [0.5, 0.6) is 0 Å². The highest BCUT2D eigenvalue weighted by molar-refractivity contribution is 7.11. The number of carbonyl (C=O) groups excluding carboxylic acids is 2. The summed E-state index contributed by atoms with van der Waals surface area (Å²) >= 11 is 0.964. The van der Waals surface area contributed by atoms with Crippen molar-refractivity contribution < 1.29 is 25.3 Å². The Morgan fingerprint density at radius 3 is 2.62 bits per heavy atom. The van der Waals surface area contributed by atoms with E-state index in [1.54, 1.807) is 31.4 Å². The van der Waals surface area contributed by atoms with Gasteiger partial charge in [0, 0.05) is 25.8 Å². The number of ether oxygens (including phenoxy) is 1. The minimum atomic E-state index is -0.696. The van der Waals surface area contributed by atoms with E-state index in [2.05, 4.69) is 15.0 Å². The van der Waals surface area contributed by atoms with Gasteiger partial charge in [0.15, 0.2) is 0 Å². The van der Waals surface area contributed by atoms with Gasteiger partial charge in [-0.3, -0.25) is 10.1 Å². The number of urea groups is 1. The van der Waals surface area contributed by atoms with Crippen molar-refractivity contribution in [2.24, 2.45) is 5.73 Å². The van der Waals surface area contributed by atoms with E-state index < -0.39 is 11.9 Å². The van der Waals surface area contributed by atoms with Gasteiger partial charge in [-0.05, 0) is 42.2 Å². The molecule has 0 fully saturated rings. The van der Waals surface area contributed by atoms with E-state index >= 15 is 0 Å². The molecule has 0 spiro atoms. The molecule has 8 N–H and O–H groups in total. The third kappa shape index (κ3) is 5.47. The van der Waals surface area contributed by atoms with Crippen molar-refractivity contribution in [2.45, 2.75) is 6.42 Å². The van der Waals surface area contributed by atoms with E-state index in [4.69, 9.17) is 10.5 Å². The van der Waals surface area contributed by atoms with Gasteiger partial charge in [0.1, 0.15) is 16.3 Å². The van der Waals surface area contributed by atoms with Crippen molar-refractivity contribution in [1.82, 2.24) is 9.69 Å². The molecule has 0 aliphatic heterocycles. The first-order chi connectivity index (χ1) is 12.1. The molecule has 142 valence electrons. The van der Waals surface area contributed by atoms with Crippen LogP contribution in [0.15, 0.2) is 24.3 Å². The van der Waals surface area contributed by atoms with Crippen molar-refractivity contribution in [1.29, 1.82) is 0 Å². The van der Waals surface area contributed by atoms with Crippen LogP contribution in [0.4, 0.5) is 15.5 Å². The fourth-order valence-corrected chi connectivity index (χ4v) is 2.89. The van der Waals surface area contributed by atoms with Crippen molar-refractivity contribution in [2.75, 3.05) is 25.6 Å². The van der Waals surface area contributed by atoms with Crippen LogP contribution < -0.4 is 21.8 Å². The minimum absolute atomic E-state index is 0. The fraction of sp³-hybridized carbons (Fsp3) is 0.267. The number of quaternary nitrogens is 1. The number of hydrogen-bond donors (Lipinski definition) is 4. The Hall–Kier alpha value is -2.57. The monoisotopic (exact) mass is 383 g/mol. The molecule has 0 radical (unpaired) electrons. The second-order valence-electron chi connectivity index (χ2n) is 5.07. The van der Waals surface area contributed by atoms with Crippen LogP contribution in [0.3, 0.4) is 0 Å². The lowest BCUT2D eigenvalue weighted by atomic mass is 10.1. The summed E-state index contributed by atoms with van der Waals surface area (Å²) in [7, 11) is 1.58. The first-order valence-corrected chi connectivity index (χ1v) is 8.23. The zero-order chi connectivity index (χ0) is 18.2. The summed E-state index contributed by atoms with van der Waals surface area (Å²) in [6.45, 7) is 0.971. The van der Waals surface area contributed by atoms with Crippen molar-refractivity contribution >= 4 is 34.2 Å². The molecule has 11 heteroatoms. The largest absolute Gasteiger partial charge is 0.630 e. The molecule has 26 heavy (non-hydrogen) atoms. The summed E-state index contributed by atoms with van der Waals surface area (Å²) in [5.74, 6) is -0.696. The highest BCUT2D eigenvalue weighted by Crippen LogP contribution is 2.32. The number of nitrogens with two attached hydrogens (primary N) is 2. The van der Waals surface area contributed by atoms with E-state index in [0.29, 0.717) is 36.5 Å². The summed E-state index contributed by atoms with van der Waals surface area (Å²) in [5, 5.41) is 16.2. The molecule has 0 bridgehead atoms. The molecule has 0 saturated carbocycles. The summed E-state index contributed by atoms with van der Waals surface area (Å²) in [4.78, 5) is 23.7. The predicted molar refractivity (Wildman–Crippen MR) is 98.1 cm³/mol. The van der Waals surface area contributed by atoms with Crippen LogP contribution in [-0.4, -0.2) is 42.0 Å². The zero-order valence-corrected chi connectivity index (χ0v) is 14.9. The van der Waals surface area contributed by atoms with Crippen molar-refractivity contribution in [3.8, 4) is 11.3 Å². The standard InChI is InChI=1S/C15H19N5O4S.H2O/c1-24-8-2-7-17-15(22)18-14-11(13(16)21)12(20-25-14)9-3-5-10(19-23)6-4-9;/h3-6H,2,7-8,19H2,1H3,(H2,16,21)(H2,17,18,22);1H2. The van der Waals surface area contributed by atoms with E-state index in [1.807, 2.05) is 0 Å². The predicted octanol–water partition coefficient (Wildman–Crippen LogP) is -0.0650. The molecule has 2 rings (SSSR count). The highest BCUT2D eigenvalue weighted by Gasteiger charge is 2.21. The number of rotatable bonds is 8. The number of primary amides is 1. The van der Waals surface area contributed by atoms with Crippen LogP contribution in [0, 0.1) is 5.21 Å². The smallest absolute Gasteiger partial charge is 0.319 e. The quantitative estimate of drug-likeness (QED) is 0.283. The molecular weight excluding hydrogens is 362 g/mol. The average Bonchev–Trinajstić information content (AvgIpc) is 3.02. The van der Waals surface area contributed by atoms with Crippen LogP contribution >= 0.6 is 11.5 Å². The third-order valence-electron chi connectivity index (χ3n) is 3.30. The maximum absolute atomic E-state index is 11.9. The maximum atomic E-state index is 11.9. The van der Waals surface area contributed by atoms with Gasteiger partial charge in [-0.25, -0.2) is 4.79 Å². The molecule has 0 atom stereocenters. The number of aromatic nitrogens is 1. The number of nitrogens with zero attached hydrogens (tertiary/aromatic N) is 1. The van der Waals surface area contributed by atoms with E-state index in [0.717, 1.165) is 17.0 Å². The normalized spacial score (nSPS) is 10.1. The number of nitrogens with one attached hydrogen (secondary N) is 2. The number of methoxy groups -OCH3 is 1. The summed E-state index contributed by atoms with van der Waals surface area (Å²) in [6.07, 6.45) is 0.670. The van der Waals surface area contributed by atoms with Crippen LogP contribution in [0.25, 0.3) is 11.3 Å². The molecule has 1 aromatic heterocycles. The van der Waals surface area contributed by atoms with Gasteiger partial charge >= 0.3 is 6.03 Å². The highest BCUT2D eigenvalue weighted by atomic mass is 32.1. The number of anilines is 1. The van der Waals surface area contributed by atoms with Gasteiger partial charge < -0.3 is 32.0 Å². The second kappa shape index (κ2) is 10.4. The number of amides is 3. The fourth-order valence-electron chi connectivity index (χ4n) is 2.09. The first kappa shape index (κ1) is 21.5. The SMILES string of the molecule is COCCCNC(=O)Nc1snc(-c2ccc([NH2+][O-])cc2)c1C(N)=O.O. The maximum Gasteiger partial charge on any atom is 0.319 e. The van der Waals surface area contributed by atoms with E-state index in [-0.39, 0.29) is 16.0 Å². The lowest BCUT2D eigenvalue weighted by Gasteiger charge is -2.07. The van der Waals surface area contributed by atoms with E-state index in [1.165, 1.54) is 0 Å². The molecule has 0 aliphatic rings. The zero-order valence-electron chi connectivity index (χ0n) is 14.1. The molecule has 1 aromatic carbocycles. The van der Waals surface area contributed by atoms with Crippen LogP contribution in [0.2, 0.25) is 0 Å². The number of carbonyl (C=O) groups is 2.